The van der Waals surface area contributed by atoms with Gasteiger partial charge < -0.3 is 19.3 Å². The van der Waals surface area contributed by atoms with Gasteiger partial charge in [0, 0.05) is 0 Å². The van der Waals surface area contributed by atoms with Gasteiger partial charge in [-0.25, -0.2) is 0 Å². The highest BCUT2D eigenvalue weighted by atomic mass is 16.8. The van der Waals surface area contributed by atoms with Crippen molar-refractivity contribution in [1.82, 2.24) is 0 Å². The van der Waals surface area contributed by atoms with Gasteiger partial charge in [-0.2, -0.15) is 0 Å². The van der Waals surface area contributed by atoms with Crippen molar-refractivity contribution in [3.63, 3.8) is 0 Å². The second-order valence-electron chi connectivity index (χ2n) is 4.60. The maximum Gasteiger partial charge on any atom is 0.163 e. The fraction of sp³-hybridized carbons (Fsp3) is 1.00. The van der Waals surface area contributed by atoms with Gasteiger partial charge in [0.1, 0.15) is 6.10 Å². The van der Waals surface area contributed by atoms with Crippen LogP contribution in [-0.4, -0.2) is 50.3 Å². The summed E-state index contributed by atoms with van der Waals surface area (Å²) < 4.78 is 16.9. The third-order valence-electron chi connectivity index (χ3n) is 2.88. The smallest absolute Gasteiger partial charge is 0.163 e. The second kappa shape index (κ2) is 4.05. The molecule has 5 heteroatoms. The van der Waals surface area contributed by atoms with E-state index in [-0.39, 0.29) is 30.7 Å². The quantitative estimate of drug-likeness (QED) is 0.681. The van der Waals surface area contributed by atoms with E-state index >= 15 is 0 Å². The Morgan fingerprint density at radius 1 is 1.40 bits per heavy atom. The molecule has 4 atom stereocenters. The average molecular weight is 212 g/mol. The van der Waals surface area contributed by atoms with E-state index in [9.17, 15) is 0 Å². The first-order valence-corrected chi connectivity index (χ1v) is 5.37. The molecule has 0 aromatic heterocycles. The maximum atomic E-state index is 8.71. The minimum absolute atomic E-state index is 0.0212. The lowest BCUT2D eigenvalue weighted by Gasteiger charge is -2.22. The summed E-state index contributed by atoms with van der Waals surface area (Å²) in [5, 5.41) is 8.71. The zero-order valence-electron chi connectivity index (χ0n) is 9.18. The SMILES string of the molecule is [B]C1CC(OCCO)C2OC(C)(C)OC12. The predicted molar refractivity (Wildman–Crippen MR) is 54.8 cm³/mol. The molecule has 1 saturated heterocycles. The van der Waals surface area contributed by atoms with Crippen LogP contribution < -0.4 is 0 Å². The van der Waals surface area contributed by atoms with Gasteiger partial charge in [0.15, 0.2) is 5.79 Å². The molecule has 0 amide bonds. The molecule has 2 aliphatic rings. The van der Waals surface area contributed by atoms with Crippen LogP contribution in [-0.2, 0) is 14.2 Å². The van der Waals surface area contributed by atoms with E-state index < -0.39 is 5.79 Å². The molecular formula is C10H17BO4. The molecule has 1 saturated carbocycles. The molecule has 1 heterocycles. The van der Waals surface area contributed by atoms with Crippen molar-refractivity contribution in [2.75, 3.05) is 13.2 Å². The number of fused-ring (bicyclic) bond motifs is 1. The van der Waals surface area contributed by atoms with Crippen molar-refractivity contribution in [3.8, 4) is 0 Å². The molecule has 15 heavy (non-hydrogen) atoms. The van der Waals surface area contributed by atoms with Gasteiger partial charge >= 0.3 is 0 Å². The summed E-state index contributed by atoms with van der Waals surface area (Å²) in [6, 6.07) is 0. The van der Waals surface area contributed by atoms with E-state index in [2.05, 4.69) is 0 Å². The summed E-state index contributed by atoms with van der Waals surface area (Å²) in [5.41, 5.74) is 0. The number of hydrogen-bond acceptors (Lipinski definition) is 4. The zero-order chi connectivity index (χ0) is 11.1. The number of aliphatic hydroxyl groups is 1. The van der Waals surface area contributed by atoms with Gasteiger partial charge in [0.25, 0.3) is 0 Å². The van der Waals surface area contributed by atoms with E-state index in [0.717, 1.165) is 6.42 Å². The van der Waals surface area contributed by atoms with Gasteiger partial charge in [-0.1, -0.05) is 0 Å². The normalized spacial score (nSPS) is 43.1. The molecule has 0 aromatic rings. The van der Waals surface area contributed by atoms with Crippen molar-refractivity contribution in [2.45, 2.75) is 50.2 Å². The topological polar surface area (TPSA) is 47.9 Å². The summed E-state index contributed by atoms with van der Waals surface area (Å²) in [5.74, 6) is -0.616. The summed E-state index contributed by atoms with van der Waals surface area (Å²) >= 11 is 0. The minimum Gasteiger partial charge on any atom is -0.394 e. The molecule has 0 aromatic carbocycles. The van der Waals surface area contributed by atoms with E-state index in [0.29, 0.717) is 6.61 Å². The highest BCUT2D eigenvalue weighted by Gasteiger charge is 2.52. The van der Waals surface area contributed by atoms with E-state index in [1.807, 2.05) is 13.8 Å². The van der Waals surface area contributed by atoms with Crippen LogP contribution in [0.2, 0.25) is 5.82 Å². The number of aliphatic hydroxyl groups excluding tert-OH is 1. The average Bonchev–Trinajstić information content (AvgIpc) is 2.60. The first-order valence-electron chi connectivity index (χ1n) is 5.37. The summed E-state index contributed by atoms with van der Waals surface area (Å²) in [7, 11) is 5.96. The highest BCUT2D eigenvalue weighted by molar-refractivity contribution is 6.12. The van der Waals surface area contributed by atoms with Crippen LogP contribution in [0.1, 0.15) is 20.3 Å². The Bertz CT molecular complexity index is 233. The molecule has 0 spiro atoms. The van der Waals surface area contributed by atoms with Crippen LogP contribution in [0.3, 0.4) is 0 Å². The molecule has 2 radical (unpaired) electrons. The summed E-state index contributed by atoms with van der Waals surface area (Å²) in [4.78, 5) is 0. The van der Waals surface area contributed by atoms with Gasteiger partial charge in [-0.05, 0) is 26.1 Å². The Morgan fingerprint density at radius 2 is 2.07 bits per heavy atom. The molecule has 1 aliphatic carbocycles. The lowest BCUT2D eigenvalue weighted by atomic mass is 9.84. The third kappa shape index (κ3) is 2.20. The maximum absolute atomic E-state index is 8.71. The van der Waals surface area contributed by atoms with Gasteiger partial charge in [0.2, 0.25) is 0 Å². The lowest BCUT2D eigenvalue weighted by molar-refractivity contribution is -0.166. The molecule has 4 nitrogen and oxygen atoms in total. The standard InChI is InChI=1S/C10H17BO4/c1-10(2)14-8-6(11)5-7(9(8)15-10)13-4-3-12/h6-9,12H,3-5H2,1-2H3. The van der Waals surface area contributed by atoms with E-state index in [1.54, 1.807) is 0 Å². The van der Waals surface area contributed by atoms with Crippen molar-refractivity contribution in [2.24, 2.45) is 0 Å². The molecule has 0 bridgehead atoms. The Kier molecular flexibility index (Phi) is 3.08. The Hall–Kier alpha value is -0.0951. The Balaban J connectivity index is 1.99. The first kappa shape index (κ1) is 11.4. The van der Waals surface area contributed by atoms with Gasteiger partial charge in [0.05, 0.1) is 33.3 Å². The predicted octanol–water partition coefficient (Wildman–Crippen LogP) is 0.245. The Labute approximate surface area is 91.3 Å². The number of ether oxygens (including phenoxy) is 3. The largest absolute Gasteiger partial charge is 0.394 e. The van der Waals surface area contributed by atoms with E-state index in [4.69, 9.17) is 27.2 Å². The fourth-order valence-corrected chi connectivity index (χ4v) is 2.34. The molecule has 1 aliphatic heterocycles. The van der Waals surface area contributed by atoms with Gasteiger partial charge in [-0.3, -0.25) is 0 Å². The number of rotatable bonds is 3. The third-order valence-corrected chi connectivity index (χ3v) is 2.88. The van der Waals surface area contributed by atoms with Crippen LogP contribution in [0.5, 0.6) is 0 Å². The molecule has 1 N–H and O–H groups in total. The molecular weight excluding hydrogens is 195 g/mol. The second-order valence-corrected chi connectivity index (χ2v) is 4.60. The molecule has 4 unspecified atom stereocenters. The van der Waals surface area contributed by atoms with E-state index in [1.165, 1.54) is 0 Å². The van der Waals surface area contributed by atoms with Crippen molar-refractivity contribution < 1.29 is 19.3 Å². The summed E-state index contributed by atoms with van der Waals surface area (Å²) in [6.07, 6.45) is 0.495. The van der Waals surface area contributed by atoms with Crippen molar-refractivity contribution >= 4 is 7.85 Å². The molecule has 2 rings (SSSR count). The van der Waals surface area contributed by atoms with Crippen LogP contribution in [0.25, 0.3) is 0 Å². The fourth-order valence-electron chi connectivity index (χ4n) is 2.34. The van der Waals surface area contributed by atoms with Crippen molar-refractivity contribution in [1.29, 1.82) is 0 Å². The summed E-state index contributed by atoms with van der Waals surface area (Å²) in [6.45, 7) is 4.10. The van der Waals surface area contributed by atoms with Crippen LogP contribution in [0.4, 0.5) is 0 Å². The highest BCUT2D eigenvalue weighted by Crippen LogP contribution is 2.44. The molecule has 84 valence electrons. The van der Waals surface area contributed by atoms with Crippen LogP contribution >= 0.6 is 0 Å². The molecule has 2 fully saturated rings. The Morgan fingerprint density at radius 3 is 2.73 bits per heavy atom. The van der Waals surface area contributed by atoms with Gasteiger partial charge in [-0.15, -0.1) is 0 Å². The first-order chi connectivity index (χ1) is 7.03. The monoisotopic (exact) mass is 212 g/mol. The number of hydrogen-bond donors (Lipinski definition) is 1. The van der Waals surface area contributed by atoms with Crippen LogP contribution in [0.15, 0.2) is 0 Å². The zero-order valence-corrected chi connectivity index (χ0v) is 9.18. The minimum atomic E-state index is -0.575. The van der Waals surface area contributed by atoms with Crippen LogP contribution in [0, 0.1) is 0 Å². The van der Waals surface area contributed by atoms with Crippen molar-refractivity contribution in [3.05, 3.63) is 0 Å². The lowest BCUT2D eigenvalue weighted by Crippen LogP contribution is -2.31.